The van der Waals surface area contributed by atoms with Crippen LogP contribution in [0.4, 0.5) is 10.3 Å². The first-order valence-corrected chi connectivity index (χ1v) is 11.5. The summed E-state index contributed by atoms with van der Waals surface area (Å²) in [4.78, 5) is 6.11. The summed E-state index contributed by atoms with van der Waals surface area (Å²) in [6.45, 7) is 2.62. The lowest BCUT2D eigenvalue weighted by molar-refractivity contribution is 0.373. The number of anilines is 1. The molecule has 0 bridgehead atoms. The highest BCUT2D eigenvalue weighted by Crippen LogP contribution is 2.26. The van der Waals surface area contributed by atoms with Crippen molar-refractivity contribution >= 4 is 28.1 Å². The van der Waals surface area contributed by atoms with Crippen LogP contribution in [0.3, 0.4) is 0 Å². The lowest BCUT2D eigenvalue weighted by atomic mass is 10.2. The van der Waals surface area contributed by atoms with E-state index < -0.39 is 15.8 Å². The number of piperazine rings is 1. The lowest BCUT2D eigenvalue weighted by Crippen LogP contribution is -2.48. The Balaban J connectivity index is 1.48. The second kappa shape index (κ2) is 8.94. The molecule has 1 saturated heterocycles. The van der Waals surface area contributed by atoms with Crippen LogP contribution < -0.4 is 4.90 Å². The molecule has 1 fully saturated rings. The van der Waals surface area contributed by atoms with Crippen molar-refractivity contribution in [1.29, 1.82) is 5.26 Å². The van der Waals surface area contributed by atoms with Crippen molar-refractivity contribution in [2.24, 2.45) is 0 Å². The molecule has 0 N–H and O–H groups in total. The highest BCUT2D eigenvalue weighted by atomic mass is 32.2. The quantitative estimate of drug-likeness (QED) is 0.587. The van der Waals surface area contributed by atoms with Crippen molar-refractivity contribution in [3.05, 3.63) is 77.1 Å². The first-order valence-electron chi connectivity index (χ1n) is 10.0. The zero-order valence-corrected chi connectivity index (χ0v) is 18.2. The van der Waals surface area contributed by atoms with E-state index in [9.17, 15) is 18.1 Å². The number of hydrogen-bond acceptors (Lipinski definition) is 6. The first-order chi connectivity index (χ1) is 15.4. The van der Waals surface area contributed by atoms with Gasteiger partial charge < -0.3 is 9.32 Å². The molecule has 7 nitrogen and oxygen atoms in total. The summed E-state index contributed by atoms with van der Waals surface area (Å²) in [5.41, 5.74) is 1.41. The minimum absolute atomic E-state index is 0.0653. The molecule has 1 aliphatic heterocycles. The van der Waals surface area contributed by atoms with Crippen molar-refractivity contribution in [3.8, 4) is 6.07 Å². The molecule has 9 heteroatoms. The van der Waals surface area contributed by atoms with Crippen molar-refractivity contribution in [2.45, 2.75) is 11.8 Å². The van der Waals surface area contributed by atoms with E-state index in [-0.39, 0.29) is 29.2 Å². The standard InChI is InChI=1S/C23H21FN4O3S/c1-17-15-19(8-9-20(17)24)32(29,30)28-13-11-27(12-14-28)23-21(16-25)26-22(31-23)10-7-18-5-3-2-4-6-18/h2-10,15H,11-14H2,1H3/b10-7+. The van der Waals surface area contributed by atoms with Crippen molar-refractivity contribution in [3.63, 3.8) is 0 Å². The predicted molar refractivity (Wildman–Crippen MR) is 119 cm³/mol. The zero-order valence-electron chi connectivity index (χ0n) is 17.4. The molecule has 164 valence electrons. The summed E-state index contributed by atoms with van der Waals surface area (Å²) in [6, 6.07) is 15.5. The SMILES string of the molecule is Cc1cc(S(=O)(=O)N2CCN(c3oc(/C=C/c4ccccc4)nc3C#N)CC2)ccc1F. The maximum atomic E-state index is 13.5. The van der Waals surface area contributed by atoms with Crippen LogP contribution in [0.2, 0.25) is 0 Å². The van der Waals surface area contributed by atoms with Gasteiger partial charge in [-0.25, -0.2) is 12.8 Å². The second-order valence-corrected chi connectivity index (χ2v) is 9.30. The molecule has 1 aromatic heterocycles. The monoisotopic (exact) mass is 452 g/mol. The summed E-state index contributed by atoms with van der Waals surface area (Å²) >= 11 is 0. The Bertz CT molecular complexity index is 1290. The fourth-order valence-corrected chi connectivity index (χ4v) is 4.98. The third-order valence-corrected chi connectivity index (χ3v) is 7.14. The van der Waals surface area contributed by atoms with Gasteiger partial charge in [0, 0.05) is 32.3 Å². The Labute approximate surface area is 186 Å². The van der Waals surface area contributed by atoms with Gasteiger partial charge in [0.15, 0.2) is 0 Å². The fourth-order valence-electron chi connectivity index (χ4n) is 3.48. The molecule has 1 aliphatic rings. The normalized spacial score (nSPS) is 15.2. The Morgan fingerprint density at radius 2 is 1.81 bits per heavy atom. The van der Waals surface area contributed by atoms with Gasteiger partial charge in [-0.3, -0.25) is 0 Å². The van der Waals surface area contributed by atoms with E-state index in [1.807, 2.05) is 47.4 Å². The van der Waals surface area contributed by atoms with Crippen LogP contribution in [0.25, 0.3) is 12.2 Å². The van der Waals surface area contributed by atoms with Crippen LogP contribution in [0.5, 0.6) is 0 Å². The number of sulfonamides is 1. The number of halogens is 1. The Morgan fingerprint density at radius 1 is 1.09 bits per heavy atom. The number of nitrogens with zero attached hydrogens (tertiary/aromatic N) is 4. The van der Waals surface area contributed by atoms with Gasteiger partial charge in [0.25, 0.3) is 0 Å². The van der Waals surface area contributed by atoms with Crippen molar-refractivity contribution in [1.82, 2.24) is 9.29 Å². The van der Waals surface area contributed by atoms with E-state index >= 15 is 0 Å². The van der Waals surface area contributed by atoms with Crippen molar-refractivity contribution in [2.75, 3.05) is 31.1 Å². The largest absolute Gasteiger partial charge is 0.420 e. The van der Waals surface area contributed by atoms with Gasteiger partial charge in [-0.1, -0.05) is 30.3 Å². The van der Waals surface area contributed by atoms with Gasteiger partial charge in [-0.2, -0.15) is 14.6 Å². The summed E-state index contributed by atoms with van der Waals surface area (Å²) in [7, 11) is -3.74. The number of aromatic nitrogens is 1. The van der Waals surface area contributed by atoms with E-state index in [4.69, 9.17) is 4.42 Å². The third kappa shape index (κ3) is 4.42. The van der Waals surface area contributed by atoms with Crippen LogP contribution in [-0.4, -0.2) is 43.9 Å². The summed E-state index contributed by atoms with van der Waals surface area (Å²) in [6.07, 6.45) is 3.53. The van der Waals surface area contributed by atoms with E-state index in [2.05, 4.69) is 4.98 Å². The number of rotatable bonds is 5. The molecule has 3 aromatic rings. The van der Waals surface area contributed by atoms with Crippen LogP contribution >= 0.6 is 0 Å². The highest BCUT2D eigenvalue weighted by Gasteiger charge is 2.31. The van der Waals surface area contributed by atoms with Crippen LogP contribution in [-0.2, 0) is 10.0 Å². The van der Waals surface area contributed by atoms with E-state index in [0.29, 0.717) is 24.9 Å². The van der Waals surface area contributed by atoms with Crippen molar-refractivity contribution < 1.29 is 17.2 Å². The lowest BCUT2D eigenvalue weighted by Gasteiger charge is -2.33. The summed E-state index contributed by atoms with van der Waals surface area (Å²) in [5.74, 6) is 0.187. The summed E-state index contributed by atoms with van der Waals surface area (Å²) in [5, 5.41) is 9.47. The molecule has 32 heavy (non-hydrogen) atoms. The third-order valence-electron chi connectivity index (χ3n) is 5.24. The second-order valence-electron chi connectivity index (χ2n) is 7.36. The fraction of sp³-hybridized carbons (Fsp3) is 0.217. The number of oxazole rings is 1. The van der Waals surface area contributed by atoms with E-state index in [0.717, 1.165) is 11.6 Å². The van der Waals surface area contributed by atoms with Crippen LogP contribution in [0.15, 0.2) is 57.8 Å². The maximum Gasteiger partial charge on any atom is 0.243 e. The number of nitriles is 1. The van der Waals surface area contributed by atoms with Crippen LogP contribution in [0.1, 0.15) is 22.7 Å². The van der Waals surface area contributed by atoms with Gasteiger partial charge in [0.05, 0.1) is 4.90 Å². The molecule has 0 radical (unpaired) electrons. The molecule has 0 amide bonds. The average molecular weight is 453 g/mol. The molecular formula is C23H21FN4O3S. The zero-order chi connectivity index (χ0) is 22.7. The Morgan fingerprint density at radius 3 is 2.47 bits per heavy atom. The Hall–Kier alpha value is -3.48. The smallest absolute Gasteiger partial charge is 0.243 e. The molecule has 0 atom stereocenters. The van der Waals surface area contributed by atoms with Crippen LogP contribution in [0, 0.1) is 24.1 Å². The minimum Gasteiger partial charge on any atom is -0.420 e. The van der Waals surface area contributed by atoms with Gasteiger partial charge in [-0.15, -0.1) is 0 Å². The molecule has 0 aliphatic carbocycles. The molecule has 0 saturated carbocycles. The van der Waals surface area contributed by atoms with Gasteiger partial charge in [0.2, 0.25) is 27.5 Å². The summed E-state index contributed by atoms with van der Waals surface area (Å²) < 4.78 is 46.5. The number of hydrogen-bond donors (Lipinski definition) is 0. The van der Waals surface area contributed by atoms with Gasteiger partial charge in [-0.05, 0) is 42.3 Å². The topological polar surface area (TPSA) is 90.4 Å². The molecule has 4 rings (SSSR count). The minimum atomic E-state index is -3.74. The molecule has 2 aromatic carbocycles. The average Bonchev–Trinajstić information content (AvgIpc) is 3.23. The van der Waals surface area contributed by atoms with Gasteiger partial charge >= 0.3 is 0 Å². The Kier molecular flexibility index (Phi) is 6.08. The number of aryl methyl sites for hydroxylation is 1. The molecular weight excluding hydrogens is 431 g/mol. The molecule has 2 heterocycles. The highest BCUT2D eigenvalue weighted by molar-refractivity contribution is 7.89. The molecule has 0 unspecified atom stereocenters. The number of benzene rings is 2. The van der Waals surface area contributed by atoms with Gasteiger partial charge in [0.1, 0.15) is 11.9 Å². The molecule has 0 spiro atoms. The maximum absolute atomic E-state index is 13.5. The predicted octanol–water partition coefficient (Wildman–Crippen LogP) is 3.68. The van der Waals surface area contributed by atoms with E-state index in [1.54, 1.807) is 6.08 Å². The first kappa shape index (κ1) is 21.7. The van der Waals surface area contributed by atoms with E-state index in [1.165, 1.54) is 23.4 Å².